The first-order chi connectivity index (χ1) is 16.1. The number of carbonyl (C=O) groups is 1. The predicted molar refractivity (Wildman–Crippen MR) is 131 cm³/mol. The first-order valence-corrected chi connectivity index (χ1v) is 11.4. The Bertz CT molecular complexity index is 1280. The third-order valence-corrected chi connectivity index (χ3v) is 6.56. The van der Waals surface area contributed by atoms with E-state index in [1.807, 2.05) is 53.4 Å². The van der Waals surface area contributed by atoms with E-state index in [-0.39, 0.29) is 24.3 Å². The molecule has 1 amide bonds. The summed E-state index contributed by atoms with van der Waals surface area (Å²) in [5.74, 6) is -0.447. The molecule has 0 radical (unpaired) electrons. The molecule has 4 heteroatoms. The summed E-state index contributed by atoms with van der Waals surface area (Å²) in [7, 11) is 0. The van der Waals surface area contributed by atoms with Gasteiger partial charge in [-0.25, -0.2) is 4.39 Å². The molecular formula is C29H23ClFNO. The predicted octanol–water partition coefficient (Wildman–Crippen LogP) is 6.96. The Balaban J connectivity index is 1.57. The average Bonchev–Trinajstić information content (AvgIpc) is 3.27. The van der Waals surface area contributed by atoms with Gasteiger partial charge in [-0.2, -0.15) is 0 Å². The molecule has 2 nitrogen and oxygen atoms in total. The van der Waals surface area contributed by atoms with Crippen molar-refractivity contribution in [2.45, 2.75) is 25.4 Å². The molecule has 0 unspecified atom stereocenters. The van der Waals surface area contributed by atoms with E-state index in [1.54, 1.807) is 30.3 Å². The zero-order valence-electron chi connectivity index (χ0n) is 18.0. The van der Waals surface area contributed by atoms with Crippen molar-refractivity contribution < 1.29 is 9.18 Å². The van der Waals surface area contributed by atoms with E-state index in [9.17, 15) is 9.18 Å². The molecule has 0 heterocycles. The second kappa shape index (κ2) is 9.21. The highest BCUT2D eigenvalue weighted by Gasteiger charge is 2.32. The molecule has 0 N–H and O–H groups in total. The third-order valence-electron chi connectivity index (χ3n) is 6.33. The van der Waals surface area contributed by atoms with Crippen molar-refractivity contribution in [3.8, 4) is 11.1 Å². The Morgan fingerprint density at radius 3 is 2.18 bits per heavy atom. The van der Waals surface area contributed by atoms with Gasteiger partial charge in [-0.1, -0.05) is 90.5 Å². The van der Waals surface area contributed by atoms with Crippen LogP contribution in [0.3, 0.4) is 0 Å². The van der Waals surface area contributed by atoms with Gasteiger partial charge in [-0.3, -0.25) is 4.79 Å². The van der Waals surface area contributed by atoms with E-state index < -0.39 is 0 Å². The summed E-state index contributed by atoms with van der Waals surface area (Å²) >= 11 is 6.34. The fourth-order valence-corrected chi connectivity index (χ4v) is 4.82. The van der Waals surface area contributed by atoms with Crippen LogP contribution in [0.15, 0.2) is 97.1 Å². The number of hydrogen-bond donors (Lipinski definition) is 0. The molecule has 164 valence electrons. The van der Waals surface area contributed by atoms with E-state index in [1.165, 1.54) is 17.2 Å². The van der Waals surface area contributed by atoms with Gasteiger partial charge in [0.1, 0.15) is 5.82 Å². The molecule has 5 rings (SSSR count). The van der Waals surface area contributed by atoms with E-state index in [2.05, 4.69) is 12.1 Å². The maximum atomic E-state index is 14.6. The van der Waals surface area contributed by atoms with Crippen LogP contribution in [0.1, 0.15) is 27.0 Å². The number of carbonyl (C=O) groups excluding carboxylic acids is 1. The van der Waals surface area contributed by atoms with Gasteiger partial charge in [0.2, 0.25) is 0 Å². The summed E-state index contributed by atoms with van der Waals surface area (Å²) in [6, 6.07) is 30.1. The lowest BCUT2D eigenvalue weighted by atomic mass is 9.97. The Hall–Kier alpha value is -3.43. The molecular weight excluding hydrogens is 433 g/mol. The van der Waals surface area contributed by atoms with Crippen LogP contribution in [-0.2, 0) is 19.4 Å². The zero-order chi connectivity index (χ0) is 22.8. The zero-order valence-corrected chi connectivity index (χ0v) is 18.8. The summed E-state index contributed by atoms with van der Waals surface area (Å²) < 4.78 is 14.6. The van der Waals surface area contributed by atoms with E-state index in [4.69, 9.17) is 11.6 Å². The molecule has 33 heavy (non-hydrogen) atoms. The fraction of sp³-hybridized carbons (Fsp3) is 0.138. The summed E-state index contributed by atoms with van der Waals surface area (Å²) in [4.78, 5) is 15.9. The topological polar surface area (TPSA) is 20.3 Å². The minimum absolute atomic E-state index is 0.0582. The second-order valence-corrected chi connectivity index (χ2v) is 8.85. The van der Waals surface area contributed by atoms with Crippen LogP contribution in [0.2, 0.25) is 5.02 Å². The van der Waals surface area contributed by atoms with Crippen molar-refractivity contribution in [2.24, 2.45) is 0 Å². The van der Waals surface area contributed by atoms with Gasteiger partial charge >= 0.3 is 0 Å². The number of amides is 1. The molecule has 1 aliphatic carbocycles. The number of halogens is 2. The van der Waals surface area contributed by atoms with Crippen LogP contribution >= 0.6 is 11.6 Å². The van der Waals surface area contributed by atoms with Gasteiger partial charge in [0.05, 0.1) is 0 Å². The number of benzene rings is 4. The molecule has 1 aliphatic rings. The molecule has 0 spiro atoms. The highest BCUT2D eigenvalue weighted by molar-refractivity contribution is 6.31. The summed E-state index contributed by atoms with van der Waals surface area (Å²) in [5, 5.41) is 0.499. The second-order valence-electron chi connectivity index (χ2n) is 8.41. The minimum Gasteiger partial charge on any atom is -0.331 e. The van der Waals surface area contributed by atoms with Crippen molar-refractivity contribution in [2.75, 3.05) is 0 Å². The molecule has 0 saturated heterocycles. The molecule has 0 fully saturated rings. The smallest absolute Gasteiger partial charge is 0.255 e. The summed E-state index contributed by atoms with van der Waals surface area (Å²) in [6.07, 6.45) is 1.50. The van der Waals surface area contributed by atoms with E-state index in [0.717, 1.165) is 24.0 Å². The highest BCUT2D eigenvalue weighted by Crippen LogP contribution is 2.32. The van der Waals surface area contributed by atoms with Gasteiger partial charge < -0.3 is 4.90 Å². The lowest BCUT2D eigenvalue weighted by Gasteiger charge is -2.30. The quantitative estimate of drug-likeness (QED) is 0.318. The Morgan fingerprint density at radius 2 is 1.48 bits per heavy atom. The maximum Gasteiger partial charge on any atom is 0.255 e. The van der Waals surface area contributed by atoms with E-state index in [0.29, 0.717) is 16.1 Å². The van der Waals surface area contributed by atoms with Gasteiger partial charge in [-0.15, -0.1) is 0 Å². The van der Waals surface area contributed by atoms with Gasteiger partial charge in [-0.05, 0) is 53.3 Å². The van der Waals surface area contributed by atoms with Crippen molar-refractivity contribution in [1.82, 2.24) is 4.90 Å². The van der Waals surface area contributed by atoms with Gasteiger partial charge in [0, 0.05) is 28.7 Å². The normalized spacial score (nSPS) is 13.0. The number of fused-ring (bicyclic) bond motifs is 1. The Morgan fingerprint density at radius 1 is 0.848 bits per heavy atom. The molecule has 4 aromatic rings. The van der Waals surface area contributed by atoms with Gasteiger partial charge in [0.15, 0.2) is 0 Å². The molecule has 0 aromatic heterocycles. The van der Waals surface area contributed by atoms with Crippen LogP contribution in [0.4, 0.5) is 4.39 Å². The first kappa shape index (κ1) is 21.4. The number of rotatable bonds is 5. The SMILES string of the molecule is O=C(c1cc(Cl)ccc1-c1ccccc1)N(Cc1ccccc1F)C1Cc2ccccc2C1. The third kappa shape index (κ3) is 4.42. The first-order valence-electron chi connectivity index (χ1n) is 11.1. The molecule has 0 atom stereocenters. The van der Waals surface area contributed by atoms with Crippen molar-refractivity contribution in [1.29, 1.82) is 0 Å². The number of hydrogen-bond acceptors (Lipinski definition) is 1. The van der Waals surface area contributed by atoms with Crippen LogP contribution in [0.25, 0.3) is 11.1 Å². The Kier molecular flexibility index (Phi) is 5.97. The standard InChI is InChI=1S/C29H23ClFNO/c30-24-14-15-26(20-8-2-1-3-9-20)27(18-24)29(33)32(19-23-12-6-7-13-28(23)31)25-16-21-10-4-5-11-22(21)17-25/h1-15,18,25H,16-17,19H2. The largest absolute Gasteiger partial charge is 0.331 e. The molecule has 0 bridgehead atoms. The monoisotopic (exact) mass is 455 g/mol. The van der Waals surface area contributed by atoms with Crippen LogP contribution < -0.4 is 0 Å². The summed E-state index contributed by atoms with van der Waals surface area (Å²) in [5.41, 5.74) is 5.27. The minimum atomic E-state index is -0.305. The van der Waals surface area contributed by atoms with Crippen molar-refractivity contribution >= 4 is 17.5 Å². The molecule has 0 aliphatic heterocycles. The maximum absolute atomic E-state index is 14.6. The van der Waals surface area contributed by atoms with Crippen LogP contribution in [-0.4, -0.2) is 16.8 Å². The fourth-order valence-electron chi connectivity index (χ4n) is 4.65. The number of nitrogens with zero attached hydrogens (tertiary/aromatic N) is 1. The average molecular weight is 456 g/mol. The molecule has 4 aromatic carbocycles. The van der Waals surface area contributed by atoms with Crippen molar-refractivity contribution in [3.05, 3.63) is 130 Å². The lowest BCUT2D eigenvalue weighted by Crippen LogP contribution is -2.41. The molecule has 0 saturated carbocycles. The van der Waals surface area contributed by atoms with E-state index >= 15 is 0 Å². The van der Waals surface area contributed by atoms with Gasteiger partial charge in [0.25, 0.3) is 5.91 Å². The van der Waals surface area contributed by atoms with Crippen LogP contribution in [0.5, 0.6) is 0 Å². The lowest BCUT2D eigenvalue weighted by molar-refractivity contribution is 0.0666. The Labute approximate surface area is 198 Å². The van der Waals surface area contributed by atoms with Crippen LogP contribution in [0, 0.1) is 5.82 Å². The highest BCUT2D eigenvalue weighted by atomic mass is 35.5. The summed E-state index contributed by atoms with van der Waals surface area (Å²) in [6.45, 7) is 0.199. The van der Waals surface area contributed by atoms with Crippen molar-refractivity contribution in [3.63, 3.8) is 0 Å².